The lowest BCUT2D eigenvalue weighted by molar-refractivity contribution is 0.188. The van der Waals surface area contributed by atoms with Gasteiger partial charge in [-0.2, -0.15) is 5.10 Å². The maximum absolute atomic E-state index is 8.77. The molecule has 0 bridgehead atoms. The number of aromatic nitrogens is 2. The molecule has 3 N–H and O–H groups in total. The van der Waals surface area contributed by atoms with Crippen molar-refractivity contribution in [2.45, 2.75) is 32.7 Å². The number of rotatable bonds is 4. The molecule has 1 saturated heterocycles. The molecule has 0 spiro atoms. The van der Waals surface area contributed by atoms with Gasteiger partial charge in [0.2, 0.25) is 0 Å². The van der Waals surface area contributed by atoms with Crippen LogP contribution in [0.1, 0.15) is 31.2 Å². The second-order valence-corrected chi connectivity index (χ2v) is 5.20. The molecular formula is C13H23N5O. The summed E-state index contributed by atoms with van der Waals surface area (Å²) in [6, 6.07) is 2.16. The van der Waals surface area contributed by atoms with Crippen LogP contribution in [0.3, 0.4) is 0 Å². The Labute approximate surface area is 113 Å². The van der Waals surface area contributed by atoms with Crippen LogP contribution in [0.4, 0.5) is 0 Å². The van der Waals surface area contributed by atoms with Crippen molar-refractivity contribution in [3.8, 4) is 0 Å². The smallest absolute Gasteiger partial charge is 0.143 e. The van der Waals surface area contributed by atoms with E-state index in [1.807, 2.05) is 11.7 Å². The van der Waals surface area contributed by atoms with Crippen molar-refractivity contribution in [1.29, 1.82) is 0 Å². The third-order valence-electron chi connectivity index (χ3n) is 3.81. The van der Waals surface area contributed by atoms with Crippen molar-refractivity contribution in [3.05, 3.63) is 17.5 Å². The van der Waals surface area contributed by atoms with Crippen molar-refractivity contribution < 1.29 is 5.21 Å². The number of piperidine rings is 1. The molecule has 106 valence electrons. The van der Waals surface area contributed by atoms with Gasteiger partial charge in [-0.25, -0.2) is 0 Å². The fourth-order valence-electron chi connectivity index (χ4n) is 2.64. The number of oxime groups is 1. The van der Waals surface area contributed by atoms with E-state index in [0.717, 1.165) is 44.6 Å². The molecule has 2 heterocycles. The van der Waals surface area contributed by atoms with Gasteiger partial charge in [-0.3, -0.25) is 9.58 Å². The molecule has 19 heavy (non-hydrogen) atoms. The fourth-order valence-corrected chi connectivity index (χ4v) is 2.64. The van der Waals surface area contributed by atoms with E-state index < -0.39 is 0 Å². The zero-order valence-corrected chi connectivity index (χ0v) is 11.7. The Morgan fingerprint density at radius 2 is 2.42 bits per heavy atom. The lowest BCUT2D eigenvalue weighted by Crippen LogP contribution is -2.41. The molecule has 2 rings (SSSR count). The molecule has 1 unspecified atom stereocenters. The van der Waals surface area contributed by atoms with Gasteiger partial charge in [-0.05, 0) is 31.9 Å². The monoisotopic (exact) mass is 265 g/mol. The number of nitrogens with two attached hydrogens (primary N) is 1. The number of likely N-dealkylation sites (tertiary alicyclic amines) is 1. The first-order chi connectivity index (χ1) is 9.13. The van der Waals surface area contributed by atoms with Crippen molar-refractivity contribution in [1.82, 2.24) is 14.7 Å². The van der Waals surface area contributed by atoms with Crippen molar-refractivity contribution >= 4 is 5.84 Å². The first kappa shape index (κ1) is 13.9. The van der Waals surface area contributed by atoms with Crippen LogP contribution in [0.25, 0.3) is 0 Å². The molecule has 1 aromatic heterocycles. The Hall–Kier alpha value is -1.56. The maximum atomic E-state index is 8.77. The van der Waals surface area contributed by atoms with Gasteiger partial charge in [-0.1, -0.05) is 12.1 Å². The fraction of sp³-hybridized carbons (Fsp3) is 0.692. The van der Waals surface area contributed by atoms with E-state index in [2.05, 4.69) is 28.1 Å². The van der Waals surface area contributed by atoms with E-state index in [-0.39, 0.29) is 5.92 Å². The van der Waals surface area contributed by atoms with Gasteiger partial charge in [0.25, 0.3) is 0 Å². The Bertz CT molecular complexity index is 454. The predicted molar refractivity (Wildman–Crippen MR) is 74.0 cm³/mol. The zero-order chi connectivity index (χ0) is 13.8. The van der Waals surface area contributed by atoms with E-state index in [0.29, 0.717) is 5.84 Å². The van der Waals surface area contributed by atoms with Crippen LogP contribution in [-0.2, 0) is 20.0 Å². The molecule has 1 aromatic rings. The largest absolute Gasteiger partial charge is 0.409 e. The minimum atomic E-state index is 0.164. The quantitative estimate of drug-likeness (QED) is 0.367. The normalized spacial score (nSPS) is 21.8. The Morgan fingerprint density at radius 3 is 3.05 bits per heavy atom. The van der Waals surface area contributed by atoms with E-state index in [1.165, 1.54) is 5.69 Å². The molecule has 6 nitrogen and oxygen atoms in total. The van der Waals surface area contributed by atoms with Gasteiger partial charge in [-0.15, -0.1) is 0 Å². The van der Waals surface area contributed by atoms with Gasteiger partial charge in [0.1, 0.15) is 5.84 Å². The lowest BCUT2D eigenvalue weighted by atomic mass is 9.97. The molecule has 0 amide bonds. The minimum Gasteiger partial charge on any atom is -0.409 e. The summed E-state index contributed by atoms with van der Waals surface area (Å²) in [6.45, 7) is 4.89. The summed E-state index contributed by atoms with van der Waals surface area (Å²) in [4.78, 5) is 2.35. The molecule has 0 radical (unpaired) electrons. The Morgan fingerprint density at radius 1 is 1.63 bits per heavy atom. The lowest BCUT2D eigenvalue weighted by Gasteiger charge is -2.31. The van der Waals surface area contributed by atoms with Crippen molar-refractivity contribution in [2.75, 3.05) is 13.1 Å². The van der Waals surface area contributed by atoms with Crippen LogP contribution in [0.15, 0.2) is 11.2 Å². The highest BCUT2D eigenvalue weighted by Crippen LogP contribution is 2.19. The van der Waals surface area contributed by atoms with E-state index in [4.69, 9.17) is 10.9 Å². The molecule has 6 heteroatoms. The average molecular weight is 265 g/mol. The van der Waals surface area contributed by atoms with Gasteiger partial charge < -0.3 is 10.9 Å². The maximum Gasteiger partial charge on any atom is 0.143 e. The summed E-state index contributed by atoms with van der Waals surface area (Å²) >= 11 is 0. The van der Waals surface area contributed by atoms with Crippen LogP contribution in [0.5, 0.6) is 0 Å². The molecule has 0 aliphatic carbocycles. The first-order valence-corrected chi connectivity index (χ1v) is 6.85. The van der Waals surface area contributed by atoms with E-state index in [9.17, 15) is 0 Å². The van der Waals surface area contributed by atoms with Crippen LogP contribution in [0.2, 0.25) is 0 Å². The number of nitrogens with zero attached hydrogens (tertiary/aromatic N) is 4. The molecular weight excluding hydrogens is 242 g/mol. The highest BCUT2D eigenvalue weighted by molar-refractivity contribution is 5.82. The SMILES string of the molecule is CCc1cc(CN2CCCC(C(N)=NO)C2)n(C)n1. The van der Waals surface area contributed by atoms with Gasteiger partial charge in [0.15, 0.2) is 0 Å². The van der Waals surface area contributed by atoms with Gasteiger partial charge >= 0.3 is 0 Å². The Kier molecular flexibility index (Phi) is 4.42. The topological polar surface area (TPSA) is 79.7 Å². The summed E-state index contributed by atoms with van der Waals surface area (Å²) in [7, 11) is 1.99. The predicted octanol–water partition coefficient (Wildman–Crippen LogP) is 0.941. The van der Waals surface area contributed by atoms with Crippen LogP contribution < -0.4 is 5.73 Å². The van der Waals surface area contributed by atoms with Crippen molar-refractivity contribution in [2.24, 2.45) is 23.9 Å². The van der Waals surface area contributed by atoms with Gasteiger partial charge in [0.05, 0.1) is 11.4 Å². The number of hydrogen-bond acceptors (Lipinski definition) is 4. The van der Waals surface area contributed by atoms with E-state index >= 15 is 0 Å². The summed E-state index contributed by atoms with van der Waals surface area (Å²) in [6.07, 6.45) is 3.04. The van der Waals surface area contributed by atoms with Crippen LogP contribution in [-0.4, -0.2) is 38.8 Å². The molecule has 0 aromatic carbocycles. The van der Waals surface area contributed by atoms with Crippen molar-refractivity contribution in [3.63, 3.8) is 0 Å². The number of aryl methyl sites for hydroxylation is 2. The minimum absolute atomic E-state index is 0.164. The molecule has 0 saturated carbocycles. The average Bonchev–Trinajstić information content (AvgIpc) is 2.79. The molecule has 1 atom stereocenters. The highest BCUT2D eigenvalue weighted by Gasteiger charge is 2.23. The summed E-state index contributed by atoms with van der Waals surface area (Å²) in [5, 5.41) is 16.4. The van der Waals surface area contributed by atoms with Crippen LogP contribution >= 0.6 is 0 Å². The zero-order valence-electron chi connectivity index (χ0n) is 11.7. The molecule has 1 fully saturated rings. The molecule has 1 aliphatic heterocycles. The van der Waals surface area contributed by atoms with Crippen LogP contribution in [0, 0.1) is 5.92 Å². The summed E-state index contributed by atoms with van der Waals surface area (Å²) in [5.41, 5.74) is 8.06. The first-order valence-electron chi connectivity index (χ1n) is 6.85. The third kappa shape index (κ3) is 3.26. The Balaban J connectivity index is 2.00. The van der Waals surface area contributed by atoms with E-state index in [1.54, 1.807) is 0 Å². The number of amidine groups is 1. The summed E-state index contributed by atoms with van der Waals surface area (Å²) < 4.78 is 1.95. The second-order valence-electron chi connectivity index (χ2n) is 5.20. The second kappa shape index (κ2) is 6.06. The summed E-state index contributed by atoms with van der Waals surface area (Å²) in [5.74, 6) is 0.515. The van der Waals surface area contributed by atoms with Gasteiger partial charge in [0, 0.05) is 26.1 Å². The number of hydrogen-bond donors (Lipinski definition) is 2. The standard InChI is InChI=1S/C13H23N5O/c1-3-11-7-12(17(2)15-11)9-18-6-4-5-10(8-18)13(14)16-19/h7,10,19H,3-6,8-9H2,1-2H3,(H2,14,16). The third-order valence-corrected chi connectivity index (χ3v) is 3.81. The molecule has 1 aliphatic rings. The highest BCUT2D eigenvalue weighted by atomic mass is 16.4.